The first-order chi connectivity index (χ1) is 14.9. The Morgan fingerprint density at radius 3 is 2.94 bits per heavy atom. The van der Waals surface area contributed by atoms with Gasteiger partial charge >= 0.3 is 5.97 Å². The standard InChI is InChI=1S/C26H34N2O3/c1-16-5-4-8-26(2)11-23-19(10-21(16)26)20(25(30)31-23)15-27-12-17-9-18(14-27)22-6-3-7-24(29)28(22)13-17/h3,6-7,17-21,23H,1,4-5,8-15H2,2H3/t17-,18+,19-,20-,21-,23+,26-/m0/s1. The Labute approximate surface area is 184 Å². The molecule has 31 heavy (non-hydrogen) atoms. The molecule has 6 rings (SSSR count). The quantitative estimate of drug-likeness (QED) is 0.540. The summed E-state index contributed by atoms with van der Waals surface area (Å²) in [7, 11) is 0. The van der Waals surface area contributed by atoms with Crippen molar-refractivity contribution in [3.8, 4) is 0 Å². The average molecular weight is 423 g/mol. The number of fused-ring (bicyclic) bond motifs is 6. The van der Waals surface area contributed by atoms with Gasteiger partial charge in [0.2, 0.25) is 0 Å². The topological polar surface area (TPSA) is 51.5 Å². The molecule has 3 aliphatic heterocycles. The van der Waals surface area contributed by atoms with E-state index in [0.717, 1.165) is 51.9 Å². The fourth-order valence-corrected chi connectivity index (χ4v) is 7.89. The Bertz CT molecular complexity index is 983. The molecule has 1 aromatic heterocycles. The van der Waals surface area contributed by atoms with Crippen molar-refractivity contribution >= 4 is 5.97 Å². The minimum atomic E-state index is -0.0129. The molecule has 5 heteroatoms. The van der Waals surface area contributed by atoms with Gasteiger partial charge in [-0.15, -0.1) is 0 Å². The summed E-state index contributed by atoms with van der Waals surface area (Å²) >= 11 is 0. The maximum atomic E-state index is 13.0. The van der Waals surface area contributed by atoms with Crippen LogP contribution in [0.5, 0.6) is 0 Å². The van der Waals surface area contributed by atoms with Crippen LogP contribution in [-0.4, -0.2) is 41.2 Å². The minimum absolute atomic E-state index is 0.0129. The molecule has 4 fully saturated rings. The highest BCUT2D eigenvalue weighted by Crippen LogP contribution is 2.57. The molecule has 4 heterocycles. The summed E-state index contributed by atoms with van der Waals surface area (Å²) in [6.45, 7) is 10.3. The van der Waals surface area contributed by atoms with Gasteiger partial charge in [0, 0.05) is 49.8 Å². The van der Waals surface area contributed by atoms with Crippen molar-refractivity contribution in [1.82, 2.24) is 9.47 Å². The normalized spacial score (nSPS) is 41.8. The summed E-state index contributed by atoms with van der Waals surface area (Å²) in [5.41, 5.74) is 2.96. The zero-order valence-electron chi connectivity index (χ0n) is 18.6. The number of hydrogen-bond donors (Lipinski definition) is 0. The van der Waals surface area contributed by atoms with E-state index in [2.05, 4.69) is 24.5 Å². The highest BCUT2D eigenvalue weighted by Gasteiger charge is 2.55. The molecule has 2 saturated heterocycles. The van der Waals surface area contributed by atoms with E-state index in [4.69, 9.17) is 4.74 Å². The molecular formula is C26H34N2O3. The van der Waals surface area contributed by atoms with Gasteiger partial charge in [0.15, 0.2) is 0 Å². The van der Waals surface area contributed by atoms with Crippen LogP contribution in [0.2, 0.25) is 0 Å². The fourth-order valence-electron chi connectivity index (χ4n) is 7.89. The van der Waals surface area contributed by atoms with Gasteiger partial charge in [-0.2, -0.15) is 0 Å². The van der Waals surface area contributed by atoms with Gasteiger partial charge in [-0.3, -0.25) is 9.59 Å². The van der Waals surface area contributed by atoms with Crippen molar-refractivity contribution in [3.63, 3.8) is 0 Å². The molecule has 2 saturated carbocycles. The number of carbonyl (C=O) groups is 1. The van der Waals surface area contributed by atoms with Crippen LogP contribution in [0, 0.1) is 29.1 Å². The summed E-state index contributed by atoms with van der Waals surface area (Å²) in [6.07, 6.45) is 6.92. The lowest BCUT2D eigenvalue weighted by molar-refractivity contribution is -0.146. The zero-order chi connectivity index (χ0) is 21.3. The Balaban J connectivity index is 1.20. The van der Waals surface area contributed by atoms with Crippen molar-refractivity contribution in [2.75, 3.05) is 19.6 Å². The molecule has 0 amide bonds. The number of aromatic nitrogens is 1. The maximum absolute atomic E-state index is 13.0. The Morgan fingerprint density at radius 1 is 1.19 bits per heavy atom. The number of rotatable bonds is 2. The predicted molar refractivity (Wildman–Crippen MR) is 119 cm³/mol. The molecule has 7 atom stereocenters. The third kappa shape index (κ3) is 3.14. The van der Waals surface area contributed by atoms with E-state index >= 15 is 0 Å². The third-order valence-electron chi connectivity index (χ3n) is 9.33. The molecule has 0 unspecified atom stereocenters. The molecule has 5 nitrogen and oxygen atoms in total. The van der Waals surface area contributed by atoms with Gasteiger partial charge < -0.3 is 14.2 Å². The number of ether oxygens (including phenoxy) is 1. The monoisotopic (exact) mass is 422 g/mol. The lowest BCUT2D eigenvalue weighted by atomic mass is 9.55. The lowest BCUT2D eigenvalue weighted by Gasteiger charge is -2.50. The van der Waals surface area contributed by atoms with Crippen molar-refractivity contribution in [2.45, 2.75) is 64.0 Å². The van der Waals surface area contributed by atoms with Gasteiger partial charge in [-0.1, -0.05) is 25.1 Å². The fraction of sp³-hybridized carbons (Fsp3) is 0.692. The number of nitrogens with zero attached hydrogens (tertiary/aromatic N) is 2. The maximum Gasteiger partial charge on any atom is 0.310 e. The predicted octanol–water partition coefficient (Wildman–Crippen LogP) is 3.58. The van der Waals surface area contributed by atoms with Crippen LogP contribution in [0.15, 0.2) is 35.1 Å². The first-order valence-corrected chi connectivity index (χ1v) is 12.2. The SMILES string of the molecule is C=C1CCC[C@@]2(C)C[C@H]3OC(=O)[C@@H](CN4C[C@@H]5C[C@H](C4)c4cccc(=O)n4C5)[C@@H]3C[C@@H]12. The Morgan fingerprint density at radius 2 is 2.06 bits per heavy atom. The van der Waals surface area contributed by atoms with E-state index in [0.29, 0.717) is 23.7 Å². The molecule has 0 N–H and O–H groups in total. The molecule has 0 radical (unpaired) electrons. The van der Waals surface area contributed by atoms with E-state index < -0.39 is 0 Å². The highest BCUT2D eigenvalue weighted by molar-refractivity contribution is 5.75. The van der Waals surface area contributed by atoms with E-state index in [-0.39, 0.29) is 29.0 Å². The molecule has 1 aromatic rings. The molecule has 166 valence electrons. The number of pyridine rings is 1. The van der Waals surface area contributed by atoms with Crippen LogP contribution in [0.3, 0.4) is 0 Å². The molecule has 0 aromatic carbocycles. The number of piperidine rings is 1. The summed E-state index contributed by atoms with van der Waals surface area (Å²) in [6, 6.07) is 5.68. The van der Waals surface area contributed by atoms with Crippen molar-refractivity contribution in [3.05, 3.63) is 46.4 Å². The second kappa shape index (κ2) is 7.06. The van der Waals surface area contributed by atoms with Crippen molar-refractivity contribution in [1.29, 1.82) is 0 Å². The first-order valence-electron chi connectivity index (χ1n) is 12.2. The van der Waals surface area contributed by atoms with Crippen molar-refractivity contribution in [2.24, 2.45) is 29.1 Å². The number of allylic oxidation sites excluding steroid dienone is 1. The molecule has 5 aliphatic rings. The van der Waals surface area contributed by atoms with Crippen LogP contribution >= 0.6 is 0 Å². The largest absolute Gasteiger partial charge is 0.462 e. The molecule has 2 bridgehead atoms. The van der Waals surface area contributed by atoms with Gasteiger partial charge in [-0.05, 0) is 61.8 Å². The second-order valence-electron chi connectivity index (χ2n) is 11.3. The molecule has 0 spiro atoms. The number of carbonyl (C=O) groups excluding carboxylic acids is 1. The average Bonchev–Trinajstić information content (AvgIpc) is 3.01. The molecular weight excluding hydrogens is 388 g/mol. The van der Waals surface area contributed by atoms with Gasteiger partial charge in [0.25, 0.3) is 5.56 Å². The van der Waals surface area contributed by atoms with E-state index in [1.165, 1.54) is 24.1 Å². The van der Waals surface area contributed by atoms with Gasteiger partial charge in [-0.25, -0.2) is 0 Å². The summed E-state index contributed by atoms with van der Waals surface area (Å²) in [4.78, 5) is 27.8. The van der Waals surface area contributed by atoms with Crippen LogP contribution in [0.25, 0.3) is 0 Å². The Kier molecular flexibility index (Phi) is 4.51. The third-order valence-corrected chi connectivity index (χ3v) is 9.33. The lowest BCUT2D eigenvalue weighted by Crippen LogP contribution is -2.50. The van der Waals surface area contributed by atoms with E-state index in [1.54, 1.807) is 6.07 Å². The van der Waals surface area contributed by atoms with Gasteiger partial charge in [0.1, 0.15) is 6.10 Å². The van der Waals surface area contributed by atoms with E-state index in [9.17, 15) is 9.59 Å². The number of esters is 1. The zero-order valence-corrected chi connectivity index (χ0v) is 18.6. The molecule has 2 aliphatic carbocycles. The Hall–Kier alpha value is -1.88. The van der Waals surface area contributed by atoms with Crippen LogP contribution in [-0.2, 0) is 16.1 Å². The highest BCUT2D eigenvalue weighted by atomic mass is 16.6. The summed E-state index contributed by atoms with van der Waals surface area (Å²) in [5.74, 6) is 1.77. The smallest absolute Gasteiger partial charge is 0.310 e. The van der Waals surface area contributed by atoms with Crippen LogP contribution < -0.4 is 5.56 Å². The van der Waals surface area contributed by atoms with E-state index in [1.807, 2.05) is 10.6 Å². The number of hydrogen-bond acceptors (Lipinski definition) is 4. The minimum Gasteiger partial charge on any atom is -0.462 e. The van der Waals surface area contributed by atoms with Crippen LogP contribution in [0.4, 0.5) is 0 Å². The van der Waals surface area contributed by atoms with Gasteiger partial charge in [0.05, 0.1) is 5.92 Å². The van der Waals surface area contributed by atoms with Crippen LogP contribution in [0.1, 0.15) is 57.1 Å². The first kappa shape index (κ1) is 19.8. The summed E-state index contributed by atoms with van der Waals surface area (Å²) in [5, 5.41) is 0. The second-order valence-corrected chi connectivity index (χ2v) is 11.3. The summed E-state index contributed by atoms with van der Waals surface area (Å²) < 4.78 is 7.97. The van der Waals surface area contributed by atoms with Crippen molar-refractivity contribution < 1.29 is 9.53 Å². The number of likely N-dealkylation sites (tertiary alicyclic amines) is 1.